The zero-order valence-corrected chi connectivity index (χ0v) is 12.9. The number of nitrogens with one attached hydrogen (secondary N) is 2. The van der Waals surface area contributed by atoms with Crippen LogP contribution in [0.5, 0.6) is 0 Å². The molecule has 1 aliphatic carbocycles. The number of carbonyl (C=O) groups is 1. The fraction of sp³-hybridized carbons (Fsp3) is 0.933. The van der Waals surface area contributed by atoms with Crippen LogP contribution in [-0.2, 0) is 4.79 Å². The Morgan fingerprint density at radius 3 is 2.17 bits per heavy atom. The van der Waals surface area contributed by atoms with E-state index in [4.69, 9.17) is 0 Å². The summed E-state index contributed by atoms with van der Waals surface area (Å²) in [5, 5.41) is 6.49. The van der Waals surface area contributed by atoms with Crippen molar-refractivity contribution in [2.24, 2.45) is 5.41 Å². The third kappa shape index (κ3) is 5.38. The van der Waals surface area contributed by atoms with Crippen LogP contribution in [0, 0.1) is 5.41 Å². The molecule has 1 atom stereocenters. The molecular formula is C15H30N2O. The molecule has 106 valence electrons. The molecule has 1 amide bonds. The van der Waals surface area contributed by atoms with Crippen LogP contribution in [0.1, 0.15) is 67.2 Å². The summed E-state index contributed by atoms with van der Waals surface area (Å²) in [4.78, 5) is 12.0. The Morgan fingerprint density at radius 2 is 1.72 bits per heavy atom. The molecule has 18 heavy (non-hydrogen) atoms. The Morgan fingerprint density at radius 1 is 1.22 bits per heavy atom. The zero-order chi connectivity index (χ0) is 14.0. The first kappa shape index (κ1) is 15.5. The van der Waals surface area contributed by atoms with Crippen molar-refractivity contribution in [3.63, 3.8) is 0 Å². The van der Waals surface area contributed by atoms with E-state index in [1.165, 1.54) is 25.7 Å². The second kappa shape index (κ2) is 5.60. The molecule has 0 aromatic heterocycles. The lowest BCUT2D eigenvalue weighted by Gasteiger charge is -2.36. The SMILES string of the molecule is CC(NC1CCC(C)(C)CC1)C(=O)NC(C)(C)C. The van der Waals surface area contributed by atoms with E-state index >= 15 is 0 Å². The van der Waals surface area contributed by atoms with Crippen LogP contribution in [0.2, 0.25) is 0 Å². The van der Waals surface area contributed by atoms with Crippen LogP contribution >= 0.6 is 0 Å². The summed E-state index contributed by atoms with van der Waals surface area (Å²) >= 11 is 0. The fourth-order valence-corrected chi connectivity index (χ4v) is 2.47. The van der Waals surface area contributed by atoms with E-state index in [1.54, 1.807) is 0 Å². The molecule has 1 rings (SSSR count). The summed E-state index contributed by atoms with van der Waals surface area (Å²) in [6.45, 7) is 12.7. The van der Waals surface area contributed by atoms with Gasteiger partial charge in [-0.05, 0) is 58.8 Å². The Labute approximate surface area is 112 Å². The van der Waals surface area contributed by atoms with Gasteiger partial charge in [0.2, 0.25) is 5.91 Å². The smallest absolute Gasteiger partial charge is 0.237 e. The van der Waals surface area contributed by atoms with Gasteiger partial charge >= 0.3 is 0 Å². The molecule has 1 fully saturated rings. The number of amides is 1. The van der Waals surface area contributed by atoms with Crippen LogP contribution in [0.3, 0.4) is 0 Å². The fourth-order valence-electron chi connectivity index (χ4n) is 2.47. The van der Waals surface area contributed by atoms with Crippen molar-refractivity contribution >= 4 is 5.91 Å². The van der Waals surface area contributed by atoms with Crippen molar-refractivity contribution in [2.75, 3.05) is 0 Å². The van der Waals surface area contributed by atoms with Crippen molar-refractivity contribution in [1.82, 2.24) is 10.6 Å². The van der Waals surface area contributed by atoms with Gasteiger partial charge in [-0.15, -0.1) is 0 Å². The monoisotopic (exact) mass is 254 g/mol. The van der Waals surface area contributed by atoms with Crippen LogP contribution in [-0.4, -0.2) is 23.5 Å². The topological polar surface area (TPSA) is 41.1 Å². The van der Waals surface area contributed by atoms with Gasteiger partial charge in [-0.1, -0.05) is 13.8 Å². The first-order valence-electron chi connectivity index (χ1n) is 7.17. The largest absolute Gasteiger partial charge is 0.350 e. The molecular weight excluding hydrogens is 224 g/mol. The normalized spacial score (nSPS) is 22.6. The third-order valence-electron chi connectivity index (χ3n) is 3.72. The minimum Gasteiger partial charge on any atom is -0.350 e. The third-order valence-corrected chi connectivity index (χ3v) is 3.72. The minimum absolute atomic E-state index is 0.101. The van der Waals surface area contributed by atoms with Gasteiger partial charge in [-0.3, -0.25) is 4.79 Å². The quantitative estimate of drug-likeness (QED) is 0.813. The summed E-state index contributed by atoms with van der Waals surface area (Å²) in [7, 11) is 0. The lowest BCUT2D eigenvalue weighted by molar-refractivity contribution is -0.124. The summed E-state index contributed by atoms with van der Waals surface area (Å²) in [6.07, 6.45) is 4.86. The van der Waals surface area contributed by atoms with Crippen molar-refractivity contribution < 1.29 is 4.79 Å². The van der Waals surface area contributed by atoms with Crippen molar-refractivity contribution in [3.8, 4) is 0 Å². The maximum atomic E-state index is 12.0. The second-order valence-electron chi connectivity index (χ2n) is 7.57. The Kier molecular flexibility index (Phi) is 4.82. The lowest BCUT2D eigenvalue weighted by Crippen LogP contribution is -2.52. The molecule has 2 N–H and O–H groups in total. The van der Waals surface area contributed by atoms with Gasteiger partial charge in [0, 0.05) is 11.6 Å². The molecule has 0 heterocycles. The number of hydrogen-bond donors (Lipinski definition) is 2. The summed E-state index contributed by atoms with van der Waals surface area (Å²) in [5.74, 6) is 0.104. The van der Waals surface area contributed by atoms with E-state index in [9.17, 15) is 4.79 Å². The summed E-state index contributed by atoms with van der Waals surface area (Å²) < 4.78 is 0. The van der Waals surface area contributed by atoms with E-state index in [2.05, 4.69) is 24.5 Å². The standard InChI is InChI=1S/C15H30N2O/c1-11(13(18)17-14(2,3)4)16-12-7-9-15(5,6)10-8-12/h11-12,16H,7-10H2,1-6H3,(H,17,18). The lowest BCUT2D eigenvalue weighted by atomic mass is 9.75. The molecule has 0 radical (unpaired) electrons. The second-order valence-corrected chi connectivity index (χ2v) is 7.57. The predicted octanol–water partition coefficient (Wildman–Crippen LogP) is 2.85. The molecule has 0 aliphatic heterocycles. The molecule has 1 aliphatic rings. The van der Waals surface area contributed by atoms with E-state index in [0.717, 1.165) is 0 Å². The molecule has 0 aromatic carbocycles. The number of rotatable bonds is 3. The highest BCUT2D eigenvalue weighted by molar-refractivity contribution is 5.81. The highest BCUT2D eigenvalue weighted by Gasteiger charge is 2.28. The van der Waals surface area contributed by atoms with Crippen molar-refractivity contribution in [3.05, 3.63) is 0 Å². The van der Waals surface area contributed by atoms with Crippen molar-refractivity contribution in [2.45, 2.75) is 84.8 Å². The van der Waals surface area contributed by atoms with Gasteiger partial charge in [0.1, 0.15) is 0 Å². The van der Waals surface area contributed by atoms with Gasteiger partial charge in [0.15, 0.2) is 0 Å². The van der Waals surface area contributed by atoms with Gasteiger partial charge < -0.3 is 10.6 Å². The van der Waals surface area contributed by atoms with E-state index < -0.39 is 0 Å². The zero-order valence-electron chi connectivity index (χ0n) is 12.9. The summed E-state index contributed by atoms with van der Waals surface area (Å²) in [6, 6.07) is 0.397. The van der Waals surface area contributed by atoms with Crippen LogP contribution < -0.4 is 10.6 Å². The van der Waals surface area contributed by atoms with Crippen LogP contribution in [0.15, 0.2) is 0 Å². The van der Waals surface area contributed by atoms with Gasteiger partial charge in [-0.25, -0.2) is 0 Å². The van der Waals surface area contributed by atoms with Crippen LogP contribution in [0.25, 0.3) is 0 Å². The molecule has 1 unspecified atom stereocenters. The van der Waals surface area contributed by atoms with E-state index in [1.807, 2.05) is 27.7 Å². The maximum absolute atomic E-state index is 12.0. The predicted molar refractivity (Wildman–Crippen MR) is 76.5 cm³/mol. The molecule has 3 nitrogen and oxygen atoms in total. The Hall–Kier alpha value is -0.570. The van der Waals surface area contributed by atoms with Gasteiger partial charge in [-0.2, -0.15) is 0 Å². The van der Waals surface area contributed by atoms with Crippen LogP contribution in [0.4, 0.5) is 0 Å². The number of hydrogen-bond acceptors (Lipinski definition) is 2. The summed E-state index contributed by atoms with van der Waals surface area (Å²) in [5.41, 5.74) is 0.330. The molecule has 0 saturated heterocycles. The van der Waals surface area contributed by atoms with Gasteiger partial charge in [0.25, 0.3) is 0 Å². The molecule has 3 heteroatoms. The highest BCUT2D eigenvalue weighted by atomic mass is 16.2. The molecule has 0 bridgehead atoms. The highest BCUT2D eigenvalue weighted by Crippen LogP contribution is 2.35. The first-order valence-corrected chi connectivity index (χ1v) is 7.17. The average molecular weight is 254 g/mol. The van der Waals surface area contributed by atoms with Gasteiger partial charge in [0.05, 0.1) is 6.04 Å². The average Bonchev–Trinajstić information content (AvgIpc) is 2.18. The maximum Gasteiger partial charge on any atom is 0.237 e. The van der Waals surface area contributed by atoms with E-state index in [0.29, 0.717) is 11.5 Å². The van der Waals surface area contributed by atoms with Crippen molar-refractivity contribution in [1.29, 1.82) is 0 Å². The number of carbonyl (C=O) groups excluding carboxylic acids is 1. The molecule has 1 saturated carbocycles. The minimum atomic E-state index is -0.151. The van der Waals surface area contributed by atoms with E-state index in [-0.39, 0.29) is 17.5 Å². The first-order chi connectivity index (χ1) is 8.09. The Balaban J connectivity index is 2.37. The molecule has 0 spiro atoms. The molecule has 0 aromatic rings. The Bertz CT molecular complexity index is 281.